The van der Waals surface area contributed by atoms with Gasteiger partial charge in [-0.3, -0.25) is 14.5 Å². The molecule has 0 saturated carbocycles. The Bertz CT molecular complexity index is 204. The molecule has 0 radical (unpaired) electrons. The van der Waals surface area contributed by atoms with E-state index in [-0.39, 0.29) is 25.0 Å². The highest BCUT2D eigenvalue weighted by Crippen LogP contribution is 2.05. The molecule has 1 aliphatic heterocycles. The molecule has 0 aliphatic carbocycles. The maximum atomic E-state index is 11.2. The first kappa shape index (κ1) is 11.7. The van der Waals surface area contributed by atoms with Crippen molar-refractivity contribution in [1.29, 1.82) is 0 Å². The van der Waals surface area contributed by atoms with Gasteiger partial charge in [-0.25, -0.2) is 0 Å². The van der Waals surface area contributed by atoms with Gasteiger partial charge in [0.15, 0.2) is 0 Å². The average Bonchev–Trinajstić information content (AvgIpc) is 2.16. The minimum atomic E-state index is -0.208. The lowest BCUT2D eigenvalue weighted by atomic mass is 10.2. The van der Waals surface area contributed by atoms with E-state index in [0.29, 0.717) is 6.54 Å². The van der Waals surface area contributed by atoms with E-state index in [1.807, 2.05) is 0 Å². The maximum Gasteiger partial charge on any atom is 0.255 e. The smallest absolute Gasteiger partial charge is 0.255 e. The Morgan fingerprint density at radius 2 is 1.79 bits per heavy atom. The first-order valence-electron chi connectivity index (χ1n) is 4.72. The van der Waals surface area contributed by atoms with Crippen molar-refractivity contribution in [3.63, 3.8) is 0 Å². The molecule has 0 unspecified atom stereocenters. The number of alkyl halides is 1. The molecule has 0 atom stereocenters. The number of morpholine rings is 1. The summed E-state index contributed by atoms with van der Waals surface area (Å²) in [6.45, 7) is 0.627. The third-order valence-electron chi connectivity index (χ3n) is 2.07. The van der Waals surface area contributed by atoms with Crippen molar-refractivity contribution in [3.05, 3.63) is 0 Å². The summed E-state index contributed by atoms with van der Waals surface area (Å²) in [5.41, 5.74) is 0. The molecule has 1 fully saturated rings. The zero-order valence-electron chi connectivity index (χ0n) is 8.00. The topological polar surface area (TPSA) is 46.6 Å². The van der Waals surface area contributed by atoms with Crippen molar-refractivity contribution in [2.75, 3.05) is 25.1 Å². The van der Waals surface area contributed by atoms with E-state index in [9.17, 15) is 9.59 Å². The summed E-state index contributed by atoms with van der Waals surface area (Å²) in [5, 5.41) is 0.970. The van der Waals surface area contributed by atoms with E-state index < -0.39 is 0 Å². The average molecular weight is 264 g/mol. The van der Waals surface area contributed by atoms with Crippen LogP contribution in [0.25, 0.3) is 0 Å². The molecule has 2 amide bonds. The number of amides is 2. The van der Waals surface area contributed by atoms with Crippen molar-refractivity contribution < 1.29 is 14.3 Å². The van der Waals surface area contributed by atoms with Crippen molar-refractivity contribution >= 4 is 27.7 Å². The molecular formula is C9H14BrNO3. The molecule has 0 aromatic rings. The van der Waals surface area contributed by atoms with Gasteiger partial charge in [0.25, 0.3) is 11.8 Å². The molecular weight excluding hydrogens is 250 g/mol. The Morgan fingerprint density at radius 1 is 1.14 bits per heavy atom. The third kappa shape index (κ3) is 3.38. The number of rotatable bonds is 5. The summed E-state index contributed by atoms with van der Waals surface area (Å²) in [5.74, 6) is -0.416. The number of ether oxygens (including phenoxy) is 1. The summed E-state index contributed by atoms with van der Waals surface area (Å²) in [4.78, 5) is 23.8. The summed E-state index contributed by atoms with van der Waals surface area (Å²) in [6, 6.07) is 0. The van der Waals surface area contributed by atoms with Crippen molar-refractivity contribution in [1.82, 2.24) is 4.90 Å². The second kappa shape index (κ2) is 6.14. The fraction of sp³-hybridized carbons (Fsp3) is 0.778. The second-order valence-corrected chi connectivity index (χ2v) is 3.97. The van der Waals surface area contributed by atoms with Crippen LogP contribution in [0.1, 0.15) is 19.3 Å². The molecule has 0 aromatic carbocycles. The van der Waals surface area contributed by atoms with Crippen LogP contribution in [0.2, 0.25) is 0 Å². The van der Waals surface area contributed by atoms with Gasteiger partial charge in [-0.1, -0.05) is 22.4 Å². The van der Waals surface area contributed by atoms with Gasteiger partial charge in [-0.2, -0.15) is 0 Å². The standard InChI is InChI=1S/C9H14BrNO3/c10-4-2-1-3-5-11-8(12)6-14-7-9(11)13/h1-7H2. The normalized spacial score (nSPS) is 17.6. The highest BCUT2D eigenvalue weighted by atomic mass is 79.9. The number of carbonyl (C=O) groups is 2. The Balaban J connectivity index is 2.26. The number of hydrogen-bond donors (Lipinski definition) is 0. The second-order valence-electron chi connectivity index (χ2n) is 3.18. The van der Waals surface area contributed by atoms with E-state index in [2.05, 4.69) is 15.9 Å². The first-order chi connectivity index (χ1) is 6.75. The van der Waals surface area contributed by atoms with Crippen LogP contribution in [0.4, 0.5) is 0 Å². The maximum absolute atomic E-state index is 11.2. The van der Waals surface area contributed by atoms with Gasteiger partial charge in [0.1, 0.15) is 13.2 Å². The quantitative estimate of drug-likeness (QED) is 0.421. The summed E-state index contributed by atoms with van der Waals surface area (Å²) in [6.07, 6.45) is 2.99. The lowest BCUT2D eigenvalue weighted by molar-refractivity contribution is -0.158. The van der Waals surface area contributed by atoms with Crippen LogP contribution in [-0.2, 0) is 14.3 Å². The number of halogens is 1. The molecule has 0 spiro atoms. The monoisotopic (exact) mass is 263 g/mol. The lowest BCUT2D eigenvalue weighted by Gasteiger charge is -2.24. The SMILES string of the molecule is O=C1COCC(=O)N1CCCCCBr. The number of nitrogens with zero attached hydrogens (tertiary/aromatic N) is 1. The molecule has 0 N–H and O–H groups in total. The van der Waals surface area contributed by atoms with Gasteiger partial charge < -0.3 is 4.74 Å². The molecule has 1 aliphatic rings. The summed E-state index contributed by atoms with van der Waals surface area (Å²) in [7, 11) is 0. The van der Waals surface area contributed by atoms with Gasteiger partial charge in [0.2, 0.25) is 0 Å². The number of hydrogen-bond acceptors (Lipinski definition) is 3. The van der Waals surface area contributed by atoms with Crippen LogP contribution in [0.15, 0.2) is 0 Å². The Labute approximate surface area is 91.7 Å². The van der Waals surface area contributed by atoms with Crippen molar-refractivity contribution in [2.45, 2.75) is 19.3 Å². The van der Waals surface area contributed by atoms with Gasteiger partial charge >= 0.3 is 0 Å². The van der Waals surface area contributed by atoms with Gasteiger partial charge in [-0.05, 0) is 12.8 Å². The van der Waals surface area contributed by atoms with Gasteiger partial charge in [0.05, 0.1) is 0 Å². The van der Waals surface area contributed by atoms with Crippen LogP contribution in [-0.4, -0.2) is 41.8 Å². The predicted octanol–water partition coefficient (Wildman–Crippen LogP) is 0.937. The molecule has 5 heteroatoms. The van der Waals surface area contributed by atoms with Crippen molar-refractivity contribution in [3.8, 4) is 0 Å². The van der Waals surface area contributed by atoms with Crippen LogP contribution in [0, 0.1) is 0 Å². The van der Waals surface area contributed by atoms with Gasteiger partial charge in [-0.15, -0.1) is 0 Å². The number of carbonyl (C=O) groups excluding carboxylic acids is 2. The fourth-order valence-electron chi connectivity index (χ4n) is 1.31. The van der Waals surface area contributed by atoms with Gasteiger partial charge in [0, 0.05) is 11.9 Å². The Kier molecular flexibility index (Phi) is 5.11. The fourth-order valence-corrected chi connectivity index (χ4v) is 1.71. The molecule has 80 valence electrons. The largest absolute Gasteiger partial charge is 0.362 e. The van der Waals surface area contributed by atoms with Crippen LogP contribution in [0.5, 0.6) is 0 Å². The third-order valence-corrected chi connectivity index (χ3v) is 2.63. The highest BCUT2D eigenvalue weighted by molar-refractivity contribution is 9.09. The molecule has 0 aromatic heterocycles. The molecule has 0 bridgehead atoms. The highest BCUT2D eigenvalue weighted by Gasteiger charge is 2.25. The van der Waals surface area contributed by atoms with Crippen molar-refractivity contribution in [2.24, 2.45) is 0 Å². The Hall–Kier alpha value is -0.420. The molecule has 4 nitrogen and oxygen atoms in total. The van der Waals surface area contributed by atoms with E-state index in [4.69, 9.17) is 4.74 Å². The molecule has 1 rings (SSSR count). The number of imide groups is 1. The van der Waals surface area contributed by atoms with E-state index in [0.717, 1.165) is 24.6 Å². The van der Waals surface area contributed by atoms with Crippen LogP contribution in [0.3, 0.4) is 0 Å². The molecule has 1 heterocycles. The zero-order chi connectivity index (χ0) is 10.4. The molecule has 1 saturated heterocycles. The predicted molar refractivity (Wildman–Crippen MR) is 55.2 cm³/mol. The van der Waals surface area contributed by atoms with Crippen LogP contribution >= 0.6 is 15.9 Å². The van der Waals surface area contributed by atoms with E-state index in [1.165, 1.54) is 4.90 Å². The lowest BCUT2D eigenvalue weighted by Crippen LogP contribution is -2.46. The van der Waals surface area contributed by atoms with Crippen LogP contribution < -0.4 is 0 Å². The zero-order valence-corrected chi connectivity index (χ0v) is 9.59. The number of unbranched alkanes of at least 4 members (excludes halogenated alkanes) is 2. The van der Waals surface area contributed by atoms with E-state index in [1.54, 1.807) is 0 Å². The summed E-state index contributed by atoms with van der Waals surface area (Å²) >= 11 is 3.33. The molecule has 14 heavy (non-hydrogen) atoms. The summed E-state index contributed by atoms with van der Waals surface area (Å²) < 4.78 is 4.80. The Morgan fingerprint density at radius 3 is 2.36 bits per heavy atom. The minimum Gasteiger partial charge on any atom is -0.362 e. The minimum absolute atomic E-state index is 0.0458. The van der Waals surface area contributed by atoms with E-state index >= 15 is 0 Å². The first-order valence-corrected chi connectivity index (χ1v) is 5.84.